The first-order valence-electron chi connectivity index (χ1n) is 13.3. The third kappa shape index (κ3) is 8.38. The number of amides is 2. The SMILES string of the molecule is CC[C@H](C)NC(=O)[C@H](CC)N(Cc1ccc(Cl)cc1)C(=O)CN(c1cccc(Cl)c1)S(=O)(=O)c1ccc(OC)cc1. The predicted octanol–water partition coefficient (Wildman–Crippen LogP) is 5.92. The molecule has 0 unspecified atom stereocenters. The lowest BCUT2D eigenvalue weighted by atomic mass is 10.1. The molecule has 0 aromatic heterocycles. The fraction of sp³-hybridized carbons (Fsp3) is 0.333. The maximum atomic E-state index is 14.1. The van der Waals surface area contributed by atoms with Crippen LogP contribution in [0.5, 0.6) is 5.75 Å². The molecule has 0 heterocycles. The molecule has 8 nitrogen and oxygen atoms in total. The number of ether oxygens (including phenoxy) is 1. The minimum Gasteiger partial charge on any atom is -0.497 e. The van der Waals surface area contributed by atoms with E-state index in [0.29, 0.717) is 22.2 Å². The first kappa shape index (κ1) is 32.2. The maximum Gasteiger partial charge on any atom is 0.264 e. The van der Waals surface area contributed by atoms with E-state index in [0.717, 1.165) is 16.3 Å². The van der Waals surface area contributed by atoms with E-state index in [-0.39, 0.29) is 29.1 Å². The largest absolute Gasteiger partial charge is 0.497 e. The van der Waals surface area contributed by atoms with Crippen molar-refractivity contribution in [2.24, 2.45) is 0 Å². The number of anilines is 1. The molecule has 2 atom stereocenters. The molecule has 0 aliphatic heterocycles. The number of sulfonamides is 1. The predicted molar refractivity (Wildman–Crippen MR) is 163 cm³/mol. The van der Waals surface area contributed by atoms with Crippen molar-refractivity contribution in [1.82, 2.24) is 10.2 Å². The van der Waals surface area contributed by atoms with Gasteiger partial charge in [0.1, 0.15) is 18.3 Å². The molecule has 11 heteroatoms. The normalized spacial score (nSPS) is 12.7. The van der Waals surface area contributed by atoms with Crippen molar-refractivity contribution < 1.29 is 22.7 Å². The quantitative estimate of drug-likeness (QED) is 0.256. The number of hydrogen-bond donors (Lipinski definition) is 1. The molecule has 1 N–H and O–H groups in total. The molecule has 220 valence electrons. The standard InChI is InChI=1S/C30H35Cl2N3O5S/c1-5-21(3)33-30(37)28(6-2)34(19-22-10-12-23(31)13-11-22)29(36)20-35(25-9-7-8-24(32)18-25)41(38,39)27-16-14-26(40-4)15-17-27/h7-18,21,28H,5-6,19-20H2,1-4H3,(H,33,37)/t21-,28-/m0/s1. The van der Waals surface area contributed by atoms with Crippen LogP contribution in [0, 0.1) is 0 Å². The van der Waals surface area contributed by atoms with Gasteiger partial charge in [-0.3, -0.25) is 13.9 Å². The highest BCUT2D eigenvalue weighted by atomic mass is 35.5. The van der Waals surface area contributed by atoms with Gasteiger partial charge in [-0.25, -0.2) is 8.42 Å². The highest BCUT2D eigenvalue weighted by Crippen LogP contribution is 2.28. The number of carbonyl (C=O) groups is 2. The van der Waals surface area contributed by atoms with Gasteiger partial charge in [0.2, 0.25) is 11.8 Å². The molecular weight excluding hydrogens is 585 g/mol. The van der Waals surface area contributed by atoms with Gasteiger partial charge in [-0.2, -0.15) is 0 Å². The van der Waals surface area contributed by atoms with E-state index in [1.54, 1.807) is 42.5 Å². The Morgan fingerprint density at radius 3 is 2.15 bits per heavy atom. The molecule has 41 heavy (non-hydrogen) atoms. The zero-order valence-corrected chi connectivity index (χ0v) is 25.8. The van der Waals surface area contributed by atoms with Crippen molar-refractivity contribution in [2.45, 2.75) is 57.1 Å². The zero-order chi connectivity index (χ0) is 30.2. The van der Waals surface area contributed by atoms with Gasteiger partial charge in [0, 0.05) is 22.6 Å². The molecule has 0 aliphatic carbocycles. The van der Waals surface area contributed by atoms with Gasteiger partial charge >= 0.3 is 0 Å². The topological polar surface area (TPSA) is 96.0 Å². The molecule has 3 aromatic carbocycles. The van der Waals surface area contributed by atoms with Crippen LogP contribution in [0.2, 0.25) is 10.0 Å². The lowest BCUT2D eigenvalue weighted by Crippen LogP contribution is -2.53. The van der Waals surface area contributed by atoms with E-state index < -0.39 is 28.5 Å². The van der Waals surface area contributed by atoms with Crippen LogP contribution in [0.3, 0.4) is 0 Å². The summed E-state index contributed by atoms with van der Waals surface area (Å²) in [6, 6.07) is 18.2. The first-order valence-corrected chi connectivity index (χ1v) is 15.5. The first-order chi connectivity index (χ1) is 19.5. The number of nitrogens with zero attached hydrogens (tertiary/aromatic N) is 2. The number of nitrogens with one attached hydrogen (secondary N) is 1. The van der Waals surface area contributed by atoms with Gasteiger partial charge in [-0.1, -0.05) is 55.2 Å². The van der Waals surface area contributed by atoms with Gasteiger partial charge in [-0.05, 0) is 79.9 Å². The van der Waals surface area contributed by atoms with E-state index in [9.17, 15) is 18.0 Å². The summed E-state index contributed by atoms with van der Waals surface area (Å²) in [5.74, 6) is -0.374. The molecule has 0 radical (unpaired) electrons. The van der Waals surface area contributed by atoms with Crippen molar-refractivity contribution in [3.05, 3.63) is 88.4 Å². The number of halogens is 2. The Kier molecular flexibility index (Phi) is 11.5. The van der Waals surface area contributed by atoms with Gasteiger partial charge < -0.3 is 15.0 Å². The van der Waals surface area contributed by atoms with Gasteiger partial charge in [0.05, 0.1) is 17.7 Å². The monoisotopic (exact) mass is 619 g/mol. The van der Waals surface area contributed by atoms with Crippen molar-refractivity contribution >= 4 is 50.7 Å². The summed E-state index contributed by atoms with van der Waals surface area (Å²) < 4.78 is 34.0. The molecule has 0 aliphatic rings. The maximum absolute atomic E-state index is 14.1. The summed E-state index contributed by atoms with van der Waals surface area (Å²) in [6.07, 6.45) is 1.04. The summed E-state index contributed by atoms with van der Waals surface area (Å²) >= 11 is 12.3. The van der Waals surface area contributed by atoms with Crippen molar-refractivity contribution in [2.75, 3.05) is 18.0 Å². The van der Waals surface area contributed by atoms with E-state index in [4.69, 9.17) is 27.9 Å². The Bertz CT molecular complexity index is 1430. The lowest BCUT2D eigenvalue weighted by Gasteiger charge is -2.33. The number of rotatable bonds is 13. The Morgan fingerprint density at radius 2 is 1.59 bits per heavy atom. The van der Waals surface area contributed by atoms with E-state index in [2.05, 4.69) is 5.32 Å². The van der Waals surface area contributed by atoms with Crippen molar-refractivity contribution in [3.8, 4) is 5.75 Å². The van der Waals surface area contributed by atoms with E-state index in [1.165, 1.54) is 42.3 Å². The Balaban J connectivity index is 2.06. The second-order valence-corrected chi connectivity index (χ2v) is 12.3. The van der Waals surface area contributed by atoms with E-state index in [1.807, 2.05) is 20.8 Å². The molecule has 0 bridgehead atoms. The fourth-order valence-electron chi connectivity index (χ4n) is 4.18. The summed E-state index contributed by atoms with van der Waals surface area (Å²) in [5.41, 5.74) is 0.954. The average Bonchev–Trinajstić information content (AvgIpc) is 2.96. The van der Waals surface area contributed by atoms with Crippen LogP contribution in [0.25, 0.3) is 0 Å². The third-order valence-corrected chi connectivity index (χ3v) is 8.95. The second-order valence-electron chi connectivity index (χ2n) is 9.56. The van der Waals surface area contributed by atoms with Crippen LogP contribution in [0.4, 0.5) is 5.69 Å². The van der Waals surface area contributed by atoms with Crippen molar-refractivity contribution in [1.29, 1.82) is 0 Å². The highest BCUT2D eigenvalue weighted by Gasteiger charge is 2.34. The number of hydrogen-bond acceptors (Lipinski definition) is 5. The van der Waals surface area contributed by atoms with Gasteiger partial charge in [-0.15, -0.1) is 0 Å². The van der Waals surface area contributed by atoms with Crippen LogP contribution < -0.4 is 14.4 Å². The smallest absolute Gasteiger partial charge is 0.264 e. The zero-order valence-electron chi connectivity index (χ0n) is 23.5. The molecule has 0 saturated carbocycles. The number of methoxy groups -OCH3 is 1. The van der Waals surface area contributed by atoms with Crippen LogP contribution in [-0.2, 0) is 26.2 Å². The fourth-order valence-corrected chi connectivity index (χ4v) is 5.90. The molecule has 0 spiro atoms. The summed E-state index contributed by atoms with van der Waals surface area (Å²) in [7, 11) is -2.74. The minimum absolute atomic E-state index is 0.0307. The Hall–Kier alpha value is -3.27. The minimum atomic E-state index is -4.22. The molecule has 0 fully saturated rings. The summed E-state index contributed by atoms with van der Waals surface area (Å²) in [6.45, 7) is 5.17. The molecule has 3 rings (SSSR count). The number of carbonyl (C=O) groups excluding carboxylic acids is 2. The molecule has 2 amide bonds. The van der Waals surface area contributed by atoms with Gasteiger partial charge in [0.15, 0.2) is 0 Å². The molecule has 3 aromatic rings. The van der Waals surface area contributed by atoms with Crippen LogP contribution in [0.15, 0.2) is 77.7 Å². The average molecular weight is 621 g/mol. The summed E-state index contributed by atoms with van der Waals surface area (Å²) in [5, 5.41) is 3.80. The second kappa shape index (κ2) is 14.6. The van der Waals surface area contributed by atoms with Gasteiger partial charge in [0.25, 0.3) is 10.0 Å². The van der Waals surface area contributed by atoms with Crippen LogP contribution in [-0.4, -0.2) is 50.9 Å². The highest BCUT2D eigenvalue weighted by molar-refractivity contribution is 7.92. The Morgan fingerprint density at radius 1 is 0.927 bits per heavy atom. The lowest BCUT2D eigenvalue weighted by molar-refractivity contribution is -0.140. The number of benzene rings is 3. The molecular formula is C30H35Cl2N3O5S. The summed E-state index contributed by atoms with van der Waals surface area (Å²) in [4.78, 5) is 28.8. The molecule has 0 saturated heterocycles. The van der Waals surface area contributed by atoms with Crippen LogP contribution >= 0.6 is 23.2 Å². The van der Waals surface area contributed by atoms with Crippen LogP contribution in [0.1, 0.15) is 39.2 Å². The third-order valence-electron chi connectivity index (χ3n) is 6.68. The Labute approximate surface area is 252 Å². The van der Waals surface area contributed by atoms with E-state index >= 15 is 0 Å². The van der Waals surface area contributed by atoms with Crippen molar-refractivity contribution in [3.63, 3.8) is 0 Å².